The summed E-state index contributed by atoms with van der Waals surface area (Å²) in [5.74, 6) is 0. The highest BCUT2D eigenvalue weighted by molar-refractivity contribution is 5.59. The topological polar surface area (TPSA) is 23.5 Å². The van der Waals surface area contributed by atoms with Gasteiger partial charge in [-0.3, -0.25) is 0 Å². The maximum atomic E-state index is 9.59. The minimum atomic E-state index is 0.151. The Bertz CT molecular complexity index is 406. The first-order chi connectivity index (χ1) is 8.47. The van der Waals surface area contributed by atoms with Gasteiger partial charge in [-0.2, -0.15) is 0 Å². The lowest BCUT2D eigenvalue weighted by atomic mass is 9.69. The van der Waals surface area contributed by atoms with Gasteiger partial charge in [-0.1, -0.05) is 24.1 Å². The molecule has 0 heterocycles. The van der Waals surface area contributed by atoms with E-state index in [0.717, 1.165) is 19.4 Å². The third kappa shape index (κ3) is 2.39. The maximum Gasteiger partial charge on any atom is 0.0504 e. The second-order valence-electron chi connectivity index (χ2n) is 6.12. The van der Waals surface area contributed by atoms with E-state index < -0.39 is 0 Å². The van der Waals surface area contributed by atoms with Gasteiger partial charge in [0.2, 0.25) is 0 Å². The van der Waals surface area contributed by atoms with Crippen LogP contribution in [0.4, 0.5) is 5.69 Å². The van der Waals surface area contributed by atoms with Crippen LogP contribution in [0, 0.1) is 26.2 Å². The molecule has 0 amide bonds. The molecule has 0 radical (unpaired) electrons. The van der Waals surface area contributed by atoms with Crippen molar-refractivity contribution < 1.29 is 5.11 Å². The van der Waals surface area contributed by atoms with Crippen LogP contribution in [0.15, 0.2) is 12.1 Å². The van der Waals surface area contributed by atoms with Crippen LogP contribution in [0.3, 0.4) is 0 Å². The molecule has 1 aliphatic carbocycles. The zero-order valence-electron chi connectivity index (χ0n) is 12.1. The molecule has 18 heavy (non-hydrogen) atoms. The minimum absolute atomic E-state index is 0.151. The van der Waals surface area contributed by atoms with Crippen LogP contribution in [-0.4, -0.2) is 25.3 Å². The van der Waals surface area contributed by atoms with Crippen LogP contribution in [0.25, 0.3) is 0 Å². The Labute approximate surface area is 111 Å². The molecule has 100 valence electrons. The molecule has 2 rings (SSSR count). The van der Waals surface area contributed by atoms with Crippen LogP contribution >= 0.6 is 0 Å². The van der Waals surface area contributed by atoms with E-state index in [9.17, 15) is 5.11 Å². The van der Waals surface area contributed by atoms with Crippen LogP contribution in [0.2, 0.25) is 0 Å². The summed E-state index contributed by atoms with van der Waals surface area (Å²) in [7, 11) is 2.15. The number of hydrogen-bond donors (Lipinski definition) is 1. The fourth-order valence-electron chi connectivity index (χ4n) is 3.40. The average Bonchev–Trinajstić information content (AvgIpc) is 2.21. The summed E-state index contributed by atoms with van der Waals surface area (Å²) in [5, 5.41) is 9.59. The lowest BCUT2D eigenvalue weighted by Gasteiger charge is -2.44. The summed E-state index contributed by atoms with van der Waals surface area (Å²) in [6.45, 7) is 7.79. The molecular weight excluding hydrogens is 222 g/mol. The molecule has 1 N–H and O–H groups in total. The highest BCUT2D eigenvalue weighted by atomic mass is 16.3. The molecule has 2 heteroatoms. The van der Waals surface area contributed by atoms with Gasteiger partial charge in [-0.15, -0.1) is 0 Å². The highest BCUT2D eigenvalue weighted by Crippen LogP contribution is 2.42. The first-order valence-corrected chi connectivity index (χ1v) is 6.87. The molecule has 0 atom stereocenters. The molecule has 2 nitrogen and oxygen atoms in total. The second kappa shape index (κ2) is 4.93. The van der Waals surface area contributed by atoms with Crippen molar-refractivity contribution in [2.45, 2.75) is 40.0 Å². The number of hydrogen-bond acceptors (Lipinski definition) is 2. The Hall–Kier alpha value is -1.02. The van der Waals surface area contributed by atoms with Crippen molar-refractivity contribution in [2.24, 2.45) is 5.41 Å². The van der Waals surface area contributed by atoms with Gasteiger partial charge < -0.3 is 10.0 Å². The minimum Gasteiger partial charge on any atom is -0.396 e. The Kier molecular flexibility index (Phi) is 3.67. The quantitative estimate of drug-likeness (QED) is 0.883. The van der Waals surface area contributed by atoms with Crippen molar-refractivity contribution in [3.8, 4) is 0 Å². The molecule has 0 unspecified atom stereocenters. The monoisotopic (exact) mass is 247 g/mol. The Morgan fingerprint density at radius 3 is 2.11 bits per heavy atom. The first-order valence-electron chi connectivity index (χ1n) is 6.87. The van der Waals surface area contributed by atoms with Crippen molar-refractivity contribution in [2.75, 3.05) is 25.1 Å². The molecule has 1 aromatic rings. The van der Waals surface area contributed by atoms with E-state index in [-0.39, 0.29) is 5.41 Å². The summed E-state index contributed by atoms with van der Waals surface area (Å²) >= 11 is 0. The van der Waals surface area contributed by atoms with Gasteiger partial charge in [0, 0.05) is 24.7 Å². The van der Waals surface area contributed by atoms with Crippen LogP contribution in [-0.2, 0) is 0 Å². The fourth-order valence-corrected chi connectivity index (χ4v) is 3.40. The molecular formula is C16H25NO. The lowest BCUT2D eigenvalue weighted by molar-refractivity contribution is 0.0524. The lowest BCUT2D eigenvalue weighted by Crippen LogP contribution is -2.44. The van der Waals surface area contributed by atoms with E-state index in [4.69, 9.17) is 0 Å². The molecule has 0 saturated heterocycles. The number of aliphatic hydroxyl groups excluding tert-OH is 1. The van der Waals surface area contributed by atoms with E-state index >= 15 is 0 Å². The molecule has 1 aliphatic rings. The molecule has 1 fully saturated rings. The summed E-state index contributed by atoms with van der Waals surface area (Å²) < 4.78 is 0. The Balaban J connectivity index is 2.21. The maximum absolute atomic E-state index is 9.59. The van der Waals surface area contributed by atoms with Crippen LogP contribution in [0.5, 0.6) is 0 Å². The predicted octanol–water partition coefficient (Wildman–Crippen LogP) is 3.21. The molecule has 1 aromatic carbocycles. The highest BCUT2D eigenvalue weighted by Gasteiger charge is 2.37. The van der Waals surface area contributed by atoms with Crippen molar-refractivity contribution >= 4 is 5.69 Å². The number of anilines is 1. The van der Waals surface area contributed by atoms with Gasteiger partial charge in [-0.05, 0) is 44.7 Å². The van der Waals surface area contributed by atoms with Gasteiger partial charge in [-0.25, -0.2) is 0 Å². The van der Waals surface area contributed by atoms with Gasteiger partial charge in [0.15, 0.2) is 0 Å². The van der Waals surface area contributed by atoms with E-state index in [1.54, 1.807) is 0 Å². The van der Waals surface area contributed by atoms with E-state index in [1.807, 2.05) is 0 Å². The number of aliphatic hydroxyl groups is 1. The van der Waals surface area contributed by atoms with Crippen LogP contribution < -0.4 is 4.90 Å². The van der Waals surface area contributed by atoms with Gasteiger partial charge in [0.25, 0.3) is 0 Å². The summed E-state index contributed by atoms with van der Waals surface area (Å²) in [5.41, 5.74) is 5.48. The van der Waals surface area contributed by atoms with Crippen molar-refractivity contribution in [3.63, 3.8) is 0 Å². The summed E-state index contributed by atoms with van der Waals surface area (Å²) in [4.78, 5) is 2.33. The van der Waals surface area contributed by atoms with E-state index in [0.29, 0.717) is 6.61 Å². The van der Waals surface area contributed by atoms with Crippen molar-refractivity contribution in [1.29, 1.82) is 0 Å². The normalized spacial score (nSPS) is 17.4. The number of aryl methyl sites for hydroxylation is 3. The zero-order valence-corrected chi connectivity index (χ0v) is 12.1. The zero-order chi connectivity index (χ0) is 13.3. The van der Waals surface area contributed by atoms with E-state index in [1.165, 1.54) is 28.8 Å². The fraction of sp³-hybridized carbons (Fsp3) is 0.625. The number of benzene rings is 1. The van der Waals surface area contributed by atoms with Crippen molar-refractivity contribution in [1.82, 2.24) is 0 Å². The molecule has 0 aliphatic heterocycles. The second-order valence-corrected chi connectivity index (χ2v) is 6.12. The molecule has 0 bridgehead atoms. The first kappa shape index (κ1) is 13.4. The van der Waals surface area contributed by atoms with Gasteiger partial charge in [0.1, 0.15) is 0 Å². The predicted molar refractivity (Wildman–Crippen MR) is 77.3 cm³/mol. The molecule has 0 aromatic heterocycles. The molecule has 1 saturated carbocycles. The van der Waals surface area contributed by atoms with Gasteiger partial charge in [0.05, 0.1) is 6.61 Å². The Morgan fingerprint density at radius 2 is 1.72 bits per heavy atom. The smallest absolute Gasteiger partial charge is 0.0504 e. The summed E-state index contributed by atoms with van der Waals surface area (Å²) in [6.07, 6.45) is 3.59. The Morgan fingerprint density at radius 1 is 1.17 bits per heavy atom. The number of nitrogens with zero attached hydrogens (tertiary/aromatic N) is 1. The standard InChI is InChI=1S/C16H25NO/c1-12-8-13(2)15(14(3)9-12)17(4)10-16(11-18)6-5-7-16/h8-9,18H,5-7,10-11H2,1-4H3. The molecule has 0 spiro atoms. The number of rotatable bonds is 4. The SMILES string of the molecule is Cc1cc(C)c(N(C)CC2(CO)CCC2)c(C)c1. The third-order valence-corrected chi connectivity index (χ3v) is 4.34. The third-order valence-electron chi connectivity index (χ3n) is 4.34. The van der Waals surface area contributed by atoms with Crippen LogP contribution in [0.1, 0.15) is 36.0 Å². The van der Waals surface area contributed by atoms with Gasteiger partial charge >= 0.3 is 0 Å². The average molecular weight is 247 g/mol. The summed E-state index contributed by atoms with van der Waals surface area (Å²) in [6, 6.07) is 4.48. The van der Waals surface area contributed by atoms with E-state index in [2.05, 4.69) is 44.9 Å². The van der Waals surface area contributed by atoms with Crippen molar-refractivity contribution in [3.05, 3.63) is 28.8 Å². The largest absolute Gasteiger partial charge is 0.396 e.